The van der Waals surface area contributed by atoms with Gasteiger partial charge in [0.1, 0.15) is 5.75 Å². The van der Waals surface area contributed by atoms with Gasteiger partial charge in [-0.25, -0.2) is 4.79 Å². The van der Waals surface area contributed by atoms with Crippen molar-refractivity contribution in [3.05, 3.63) is 28.8 Å². The Balaban J connectivity index is 0.000000873. The van der Waals surface area contributed by atoms with Gasteiger partial charge in [0.05, 0.1) is 0 Å². The summed E-state index contributed by atoms with van der Waals surface area (Å²) < 4.78 is 5.35. The molecule has 1 unspecified atom stereocenters. The maximum absolute atomic E-state index is 10.8. The zero-order valence-electron chi connectivity index (χ0n) is 11.2. The molecule has 0 radical (unpaired) electrons. The van der Waals surface area contributed by atoms with E-state index in [0.29, 0.717) is 17.2 Å². The number of halogens is 1. The molecule has 1 atom stereocenters. The Morgan fingerprint density at radius 2 is 2.06 bits per heavy atom. The number of hydrogen-bond donors (Lipinski definition) is 2. The van der Waals surface area contributed by atoms with Gasteiger partial charge in [-0.15, -0.1) is 0 Å². The Kier molecular flexibility index (Phi) is 8.16. The second-order valence-electron chi connectivity index (χ2n) is 3.76. The Hall–Kier alpha value is -1.26. The summed E-state index contributed by atoms with van der Waals surface area (Å²) >= 11 is 5.78. The lowest BCUT2D eigenvalue weighted by Gasteiger charge is -2.14. The zero-order chi connectivity index (χ0) is 14.1. The number of carboxylic acid groups (broad SMARTS) is 1. The van der Waals surface area contributed by atoms with Gasteiger partial charge in [-0.1, -0.05) is 18.5 Å². The smallest absolute Gasteiger partial charge is 0.344 e. The van der Waals surface area contributed by atoms with Gasteiger partial charge in [0.15, 0.2) is 6.10 Å². The average molecular weight is 274 g/mol. The van der Waals surface area contributed by atoms with E-state index in [1.807, 2.05) is 21.0 Å². The van der Waals surface area contributed by atoms with Crippen LogP contribution in [0.15, 0.2) is 18.2 Å². The van der Waals surface area contributed by atoms with Gasteiger partial charge in [-0.2, -0.15) is 0 Å². The fourth-order valence-corrected chi connectivity index (χ4v) is 1.43. The van der Waals surface area contributed by atoms with Crippen LogP contribution in [0, 0.1) is 6.92 Å². The number of carboxylic acids is 1. The van der Waals surface area contributed by atoms with Crippen LogP contribution in [-0.2, 0) is 4.79 Å². The molecule has 0 aliphatic rings. The largest absolute Gasteiger partial charge is 0.479 e. The number of nitrogens with one attached hydrogen (secondary N) is 1. The zero-order valence-corrected chi connectivity index (χ0v) is 11.9. The Morgan fingerprint density at radius 1 is 1.50 bits per heavy atom. The van der Waals surface area contributed by atoms with Crippen molar-refractivity contribution in [3.8, 4) is 5.75 Å². The van der Waals surface area contributed by atoms with E-state index in [9.17, 15) is 4.79 Å². The van der Waals surface area contributed by atoms with E-state index in [0.717, 1.165) is 5.56 Å². The lowest BCUT2D eigenvalue weighted by Crippen LogP contribution is -2.26. The number of hydrogen-bond acceptors (Lipinski definition) is 3. The van der Waals surface area contributed by atoms with E-state index in [1.165, 1.54) is 0 Å². The maximum atomic E-state index is 10.8. The van der Waals surface area contributed by atoms with E-state index in [1.54, 1.807) is 25.1 Å². The van der Waals surface area contributed by atoms with Crippen molar-refractivity contribution >= 4 is 17.6 Å². The lowest BCUT2D eigenvalue weighted by molar-refractivity contribution is -0.145. The molecule has 0 saturated carbocycles. The summed E-state index contributed by atoms with van der Waals surface area (Å²) in [5.74, 6) is -0.388. The van der Waals surface area contributed by atoms with Gasteiger partial charge in [-0.05, 0) is 51.2 Å². The monoisotopic (exact) mass is 273 g/mol. The molecule has 102 valence electrons. The predicted molar refractivity (Wildman–Crippen MR) is 73.5 cm³/mol. The number of rotatable bonds is 4. The minimum absolute atomic E-state index is 0.428. The molecule has 5 heteroatoms. The fraction of sp³-hybridized carbons (Fsp3) is 0.462. The molecule has 0 heterocycles. The number of carbonyl (C=O) groups is 1. The molecule has 0 aliphatic carbocycles. The average Bonchev–Trinajstić information content (AvgIpc) is 2.28. The standard InChI is InChI=1S/C11H13ClO3.C2H7N/c1-3-9(11(13)14)15-10-5-4-8(12)6-7(10)2;1-3-2/h4-6,9H,3H2,1-2H3,(H,13,14);3H,1-2H3. The molecule has 4 nitrogen and oxygen atoms in total. The SMILES string of the molecule is CCC(Oc1ccc(Cl)cc1C)C(=O)O.CNC. The molecule has 0 saturated heterocycles. The Bertz CT molecular complexity index is 382. The van der Waals surface area contributed by atoms with Crippen LogP contribution in [0.4, 0.5) is 0 Å². The third-order valence-electron chi connectivity index (χ3n) is 2.05. The summed E-state index contributed by atoms with van der Waals surface area (Å²) in [7, 11) is 3.75. The van der Waals surface area contributed by atoms with Crippen LogP contribution in [0.1, 0.15) is 18.9 Å². The number of benzene rings is 1. The van der Waals surface area contributed by atoms with Gasteiger partial charge < -0.3 is 15.2 Å². The summed E-state index contributed by atoms with van der Waals surface area (Å²) in [5, 5.41) is 12.2. The predicted octanol–water partition coefficient (Wildman–Crippen LogP) is 2.73. The van der Waals surface area contributed by atoms with Crippen LogP contribution in [0.2, 0.25) is 5.02 Å². The molecule has 0 fully saturated rings. The van der Waals surface area contributed by atoms with Crippen molar-refractivity contribution in [1.29, 1.82) is 0 Å². The van der Waals surface area contributed by atoms with Crippen molar-refractivity contribution in [2.24, 2.45) is 0 Å². The van der Waals surface area contributed by atoms with Crippen molar-refractivity contribution in [1.82, 2.24) is 5.32 Å². The van der Waals surface area contributed by atoms with Gasteiger partial charge in [0.25, 0.3) is 0 Å². The Morgan fingerprint density at radius 3 is 2.44 bits per heavy atom. The first-order chi connectivity index (χ1) is 8.46. The van der Waals surface area contributed by atoms with Crippen molar-refractivity contribution in [2.75, 3.05) is 14.1 Å². The van der Waals surface area contributed by atoms with Crippen molar-refractivity contribution in [2.45, 2.75) is 26.4 Å². The third kappa shape index (κ3) is 5.89. The molecular formula is C13H20ClNO3. The second-order valence-corrected chi connectivity index (χ2v) is 4.20. The van der Waals surface area contributed by atoms with Crippen LogP contribution >= 0.6 is 11.6 Å². The summed E-state index contributed by atoms with van der Waals surface area (Å²) in [6.07, 6.45) is -0.373. The lowest BCUT2D eigenvalue weighted by atomic mass is 10.2. The summed E-state index contributed by atoms with van der Waals surface area (Å²) in [5.41, 5.74) is 0.835. The van der Waals surface area contributed by atoms with Crippen LogP contribution < -0.4 is 10.1 Å². The molecule has 0 aromatic heterocycles. The molecule has 18 heavy (non-hydrogen) atoms. The van der Waals surface area contributed by atoms with E-state index < -0.39 is 12.1 Å². The quantitative estimate of drug-likeness (QED) is 0.886. The van der Waals surface area contributed by atoms with E-state index in [4.69, 9.17) is 21.4 Å². The van der Waals surface area contributed by atoms with Crippen LogP contribution in [-0.4, -0.2) is 31.3 Å². The van der Waals surface area contributed by atoms with Crippen LogP contribution in [0.3, 0.4) is 0 Å². The highest BCUT2D eigenvalue weighted by atomic mass is 35.5. The first-order valence-electron chi connectivity index (χ1n) is 5.70. The molecule has 1 aromatic carbocycles. The molecule has 0 spiro atoms. The van der Waals surface area contributed by atoms with Gasteiger partial charge in [0, 0.05) is 5.02 Å². The highest BCUT2D eigenvalue weighted by Gasteiger charge is 2.17. The molecule has 0 bridgehead atoms. The topological polar surface area (TPSA) is 58.6 Å². The summed E-state index contributed by atoms with van der Waals surface area (Å²) in [6.45, 7) is 3.60. The van der Waals surface area contributed by atoms with Gasteiger partial charge in [-0.3, -0.25) is 0 Å². The number of aryl methyl sites for hydroxylation is 1. The van der Waals surface area contributed by atoms with Crippen LogP contribution in [0.25, 0.3) is 0 Å². The molecule has 0 amide bonds. The Labute approximate surface area is 113 Å². The van der Waals surface area contributed by atoms with Gasteiger partial charge >= 0.3 is 5.97 Å². The third-order valence-corrected chi connectivity index (χ3v) is 2.29. The number of ether oxygens (including phenoxy) is 1. The molecule has 1 rings (SSSR count). The van der Waals surface area contributed by atoms with E-state index in [-0.39, 0.29) is 0 Å². The van der Waals surface area contributed by atoms with E-state index >= 15 is 0 Å². The normalized spacial score (nSPS) is 11.2. The maximum Gasteiger partial charge on any atom is 0.344 e. The number of aliphatic carboxylic acids is 1. The molecular weight excluding hydrogens is 254 g/mol. The molecule has 1 aromatic rings. The highest BCUT2D eigenvalue weighted by Crippen LogP contribution is 2.23. The molecule has 0 aliphatic heterocycles. The highest BCUT2D eigenvalue weighted by molar-refractivity contribution is 6.30. The van der Waals surface area contributed by atoms with Crippen molar-refractivity contribution < 1.29 is 14.6 Å². The van der Waals surface area contributed by atoms with Gasteiger partial charge in [0.2, 0.25) is 0 Å². The van der Waals surface area contributed by atoms with Crippen LogP contribution in [0.5, 0.6) is 5.75 Å². The second kappa shape index (κ2) is 8.78. The first kappa shape index (κ1) is 16.7. The minimum Gasteiger partial charge on any atom is -0.479 e. The summed E-state index contributed by atoms with van der Waals surface area (Å²) in [6, 6.07) is 5.10. The summed E-state index contributed by atoms with van der Waals surface area (Å²) in [4.78, 5) is 10.8. The fourth-order valence-electron chi connectivity index (χ4n) is 1.21. The first-order valence-corrected chi connectivity index (χ1v) is 6.08. The van der Waals surface area contributed by atoms with E-state index in [2.05, 4.69) is 5.32 Å². The van der Waals surface area contributed by atoms with Crippen molar-refractivity contribution in [3.63, 3.8) is 0 Å². The minimum atomic E-state index is -0.952. The molecule has 2 N–H and O–H groups in total.